The number of rotatable bonds is 6. The minimum atomic E-state index is -0.455. The van der Waals surface area contributed by atoms with E-state index in [2.05, 4.69) is 20.5 Å². The number of carbonyl (C=O) groups is 1. The van der Waals surface area contributed by atoms with Crippen molar-refractivity contribution in [2.75, 3.05) is 0 Å². The number of benzene rings is 1. The monoisotopic (exact) mass is 321 g/mol. The van der Waals surface area contributed by atoms with Gasteiger partial charge in [0, 0.05) is 17.0 Å². The van der Waals surface area contributed by atoms with Crippen molar-refractivity contribution in [2.45, 2.75) is 30.5 Å². The Labute approximate surface area is 130 Å². The molecule has 1 aromatic carbocycles. The molecule has 0 aliphatic carbocycles. The Morgan fingerprint density at radius 1 is 1.45 bits per heavy atom. The Morgan fingerprint density at radius 2 is 2.14 bits per heavy atom. The molecule has 2 aromatic rings. The van der Waals surface area contributed by atoms with Gasteiger partial charge in [0.2, 0.25) is 5.91 Å². The van der Waals surface area contributed by atoms with Gasteiger partial charge < -0.3 is 5.32 Å². The molecule has 0 aliphatic rings. The van der Waals surface area contributed by atoms with Gasteiger partial charge in [0.1, 0.15) is 5.82 Å². The highest BCUT2D eigenvalue weighted by atomic mass is 32.2. The Hall–Kier alpha value is -2.42. The Kier molecular flexibility index (Phi) is 5.10. The summed E-state index contributed by atoms with van der Waals surface area (Å²) in [5.41, 5.74) is 0.0291. The summed E-state index contributed by atoms with van der Waals surface area (Å²) in [6, 6.07) is 6.10. The number of thioether (sulfide) groups is 1. The average Bonchev–Trinajstić information content (AvgIpc) is 2.91. The second kappa shape index (κ2) is 7.03. The van der Waals surface area contributed by atoms with E-state index in [4.69, 9.17) is 0 Å². The van der Waals surface area contributed by atoms with Crippen LogP contribution in [0.25, 0.3) is 0 Å². The molecule has 1 atom stereocenters. The molecular weight excluding hydrogens is 306 g/mol. The van der Waals surface area contributed by atoms with E-state index in [1.54, 1.807) is 26.0 Å². The van der Waals surface area contributed by atoms with Crippen molar-refractivity contribution < 1.29 is 9.72 Å². The third-order valence-corrected chi connectivity index (χ3v) is 3.91. The number of H-pyrrole nitrogens is 1. The number of non-ortho nitro benzene ring substituents is 1. The summed E-state index contributed by atoms with van der Waals surface area (Å²) < 4.78 is 0. The largest absolute Gasteiger partial charge is 0.348 e. The average molecular weight is 321 g/mol. The standard InChI is InChI=1S/C13H15N5O3S/c1-8(13(19)14-7-12-15-9(2)16-17-12)22-11-5-3-10(4-6-11)18(20)21/h3-6,8H,7H2,1-2H3,(H,14,19)(H,15,16,17)/t8-/m1/s1. The molecule has 9 heteroatoms. The topological polar surface area (TPSA) is 114 Å². The molecular formula is C13H15N5O3S. The lowest BCUT2D eigenvalue weighted by Gasteiger charge is -2.10. The van der Waals surface area contributed by atoms with Crippen LogP contribution >= 0.6 is 11.8 Å². The first-order valence-corrected chi connectivity index (χ1v) is 7.40. The molecule has 0 unspecified atom stereocenters. The molecule has 2 rings (SSSR count). The molecule has 0 saturated carbocycles. The van der Waals surface area contributed by atoms with E-state index < -0.39 is 4.92 Å². The number of amides is 1. The van der Waals surface area contributed by atoms with Crippen LogP contribution in [0.3, 0.4) is 0 Å². The van der Waals surface area contributed by atoms with Crippen LogP contribution in [0.4, 0.5) is 5.69 Å². The van der Waals surface area contributed by atoms with Crippen LogP contribution in [0.2, 0.25) is 0 Å². The number of aryl methyl sites for hydroxylation is 1. The first-order chi connectivity index (χ1) is 10.5. The van der Waals surface area contributed by atoms with E-state index in [0.717, 1.165) is 4.90 Å². The molecule has 1 amide bonds. The van der Waals surface area contributed by atoms with Gasteiger partial charge in [-0.15, -0.1) is 11.8 Å². The predicted molar refractivity (Wildman–Crippen MR) is 81.4 cm³/mol. The quantitative estimate of drug-likeness (QED) is 0.476. The first-order valence-electron chi connectivity index (χ1n) is 6.52. The number of hydrogen-bond acceptors (Lipinski definition) is 6. The summed E-state index contributed by atoms with van der Waals surface area (Å²) in [4.78, 5) is 27.0. The summed E-state index contributed by atoms with van der Waals surface area (Å²) in [5.74, 6) is 1.07. The highest BCUT2D eigenvalue weighted by Crippen LogP contribution is 2.25. The molecule has 0 spiro atoms. The van der Waals surface area contributed by atoms with Crippen LogP contribution in [0, 0.1) is 17.0 Å². The maximum Gasteiger partial charge on any atom is 0.269 e. The van der Waals surface area contributed by atoms with E-state index in [1.165, 1.54) is 23.9 Å². The van der Waals surface area contributed by atoms with Crippen LogP contribution in [-0.2, 0) is 11.3 Å². The molecule has 0 radical (unpaired) electrons. The smallest absolute Gasteiger partial charge is 0.269 e. The fourth-order valence-corrected chi connectivity index (χ4v) is 2.57. The van der Waals surface area contributed by atoms with Crippen molar-refractivity contribution in [2.24, 2.45) is 0 Å². The van der Waals surface area contributed by atoms with E-state index in [0.29, 0.717) is 11.6 Å². The Balaban J connectivity index is 1.86. The van der Waals surface area contributed by atoms with Crippen LogP contribution in [0.15, 0.2) is 29.2 Å². The molecule has 1 aromatic heterocycles. The lowest BCUT2D eigenvalue weighted by atomic mass is 10.3. The lowest BCUT2D eigenvalue weighted by Crippen LogP contribution is -2.30. The van der Waals surface area contributed by atoms with Gasteiger partial charge in [0.25, 0.3) is 5.69 Å². The van der Waals surface area contributed by atoms with Gasteiger partial charge in [-0.2, -0.15) is 5.10 Å². The first kappa shape index (κ1) is 16.0. The molecule has 22 heavy (non-hydrogen) atoms. The van der Waals surface area contributed by atoms with Crippen molar-refractivity contribution in [1.82, 2.24) is 20.5 Å². The molecule has 0 aliphatic heterocycles. The number of carbonyl (C=O) groups excluding carboxylic acids is 1. The zero-order valence-corrected chi connectivity index (χ0v) is 12.9. The zero-order valence-electron chi connectivity index (χ0n) is 12.1. The third-order valence-electron chi connectivity index (χ3n) is 2.79. The summed E-state index contributed by atoms with van der Waals surface area (Å²) in [7, 11) is 0. The highest BCUT2D eigenvalue weighted by Gasteiger charge is 2.15. The van der Waals surface area contributed by atoms with Crippen LogP contribution < -0.4 is 5.32 Å². The second-order valence-corrected chi connectivity index (χ2v) is 5.98. The minimum Gasteiger partial charge on any atom is -0.348 e. The molecule has 0 saturated heterocycles. The van der Waals surface area contributed by atoms with Gasteiger partial charge >= 0.3 is 0 Å². The number of aromatic amines is 1. The molecule has 8 nitrogen and oxygen atoms in total. The second-order valence-electron chi connectivity index (χ2n) is 4.57. The van der Waals surface area contributed by atoms with Gasteiger partial charge in [-0.25, -0.2) is 4.98 Å². The summed E-state index contributed by atoms with van der Waals surface area (Å²) in [5, 5.41) is 19.6. The van der Waals surface area contributed by atoms with Crippen molar-refractivity contribution >= 4 is 23.4 Å². The SMILES string of the molecule is Cc1nc(CNC(=O)[C@@H](C)Sc2ccc([N+](=O)[O-])cc2)n[nH]1. The van der Waals surface area contributed by atoms with E-state index in [1.807, 2.05) is 0 Å². The summed E-state index contributed by atoms with van der Waals surface area (Å²) in [6.07, 6.45) is 0. The maximum absolute atomic E-state index is 12.0. The van der Waals surface area contributed by atoms with Crippen LogP contribution in [0.1, 0.15) is 18.6 Å². The van der Waals surface area contributed by atoms with Crippen molar-refractivity contribution in [3.63, 3.8) is 0 Å². The molecule has 1 heterocycles. The molecule has 116 valence electrons. The van der Waals surface area contributed by atoms with Gasteiger partial charge in [-0.3, -0.25) is 20.0 Å². The summed E-state index contributed by atoms with van der Waals surface area (Å²) >= 11 is 1.33. The number of nitrogens with zero attached hydrogens (tertiary/aromatic N) is 3. The number of hydrogen-bond donors (Lipinski definition) is 2. The molecule has 2 N–H and O–H groups in total. The van der Waals surface area contributed by atoms with E-state index in [-0.39, 0.29) is 23.4 Å². The van der Waals surface area contributed by atoms with Gasteiger partial charge in [-0.1, -0.05) is 0 Å². The fraction of sp³-hybridized carbons (Fsp3) is 0.308. The van der Waals surface area contributed by atoms with Crippen molar-refractivity contribution in [1.29, 1.82) is 0 Å². The minimum absolute atomic E-state index is 0.0291. The van der Waals surface area contributed by atoms with Gasteiger partial charge in [-0.05, 0) is 26.0 Å². The van der Waals surface area contributed by atoms with Crippen LogP contribution in [0.5, 0.6) is 0 Å². The maximum atomic E-state index is 12.0. The highest BCUT2D eigenvalue weighted by molar-refractivity contribution is 8.00. The molecule has 0 bridgehead atoms. The Bertz CT molecular complexity index is 671. The van der Waals surface area contributed by atoms with Gasteiger partial charge in [0.05, 0.1) is 16.7 Å². The predicted octanol–water partition coefficient (Wildman–Crippen LogP) is 1.82. The number of nitrogens with one attached hydrogen (secondary N) is 2. The van der Waals surface area contributed by atoms with Crippen molar-refractivity contribution in [3.05, 3.63) is 46.0 Å². The lowest BCUT2D eigenvalue weighted by molar-refractivity contribution is -0.384. The third kappa shape index (κ3) is 4.29. The summed E-state index contributed by atoms with van der Waals surface area (Å²) in [6.45, 7) is 3.81. The van der Waals surface area contributed by atoms with E-state index >= 15 is 0 Å². The van der Waals surface area contributed by atoms with Crippen molar-refractivity contribution in [3.8, 4) is 0 Å². The van der Waals surface area contributed by atoms with Gasteiger partial charge in [0.15, 0.2) is 5.82 Å². The van der Waals surface area contributed by atoms with Crippen LogP contribution in [-0.4, -0.2) is 31.3 Å². The number of nitro groups is 1. The molecule has 0 fully saturated rings. The normalized spacial score (nSPS) is 11.9. The number of nitro benzene ring substituents is 1. The van der Waals surface area contributed by atoms with E-state index in [9.17, 15) is 14.9 Å². The fourth-order valence-electron chi connectivity index (χ4n) is 1.68. The zero-order chi connectivity index (χ0) is 16.1. The number of aromatic nitrogens is 3. The Morgan fingerprint density at radius 3 is 2.68 bits per heavy atom.